The minimum atomic E-state index is -0.153. The van der Waals surface area contributed by atoms with Crippen molar-refractivity contribution in [3.8, 4) is 11.4 Å². The lowest BCUT2D eigenvalue weighted by atomic mass is 10.2. The maximum absolute atomic E-state index is 12.5. The Kier molecular flexibility index (Phi) is 5.96. The van der Waals surface area contributed by atoms with Gasteiger partial charge in [0.05, 0.1) is 6.61 Å². The van der Waals surface area contributed by atoms with E-state index in [1.807, 2.05) is 65.6 Å². The van der Waals surface area contributed by atoms with Crippen molar-refractivity contribution in [1.29, 1.82) is 0 Å². The molecule has 0 radical (unpaired) electrons. The van der Waals surface area contributed by atoms with E-state index in [2.05, 4.69) is 17.2 Å². The average Bonchev–Trinajstić information content (AvgIpc) is 3.15. The number of ether oxygens (including phenoxy) is 1. The van der Waals surface area contributed by atoms with Gasteiger partial charge in [0, 0.05) is 35.4 Å². The molecule has 1 heterocycles. The zero-order chi connectivity index (χ0) is 18.4. The third kappa shape index (κ3) is 4.26. The van der Waals surface area contributed by atoms with Crippen molar-refractivity contribution in [2.24, 2.45) is 0 Å². The molecule has 1 amide bonds. The summed E-state index contributed by atoms with van der Waals surface area (Å²) in [6.07, 6.45) is 6.60. The van der Waals surface area contributed by atoms with E-state index >= 15 is 0 Å². The first-order valence-electron chi connectivity index (χ1n) is 8.43. The lowest BCUT2D eigenvalue weighted by Gasteiger charge is -2.10. The summed E-state index contributed by atoms with van der Waals surface area (Å²) >= 11 is 1.58. The number of anilines is 1. The molecule has 0 aliphatic heterocycles. The number of carbonyl (C=O) groups is 1. The van der Waals surface area contributed by atoms with Crippen LogP contribution in [0.2, 0.25) is 0 Å². The maximum Gasteiger partial charge on any atom is 0.255 e. The Morgan fingerprint density at radius 1 is 1.23 bits per heavy atom. The largest absolute Gasteiger partial charge is 0.494 e. The fourth-order valence-corrected chi connectivity index (χ4v) is 3.03. The molecule has 6 heteroatoms. The minimum absolute atomic E-state index is 0.153. The van der Waals surface area contributed by atoms with Crippen LogP contribution in [0.1, 0.15) is 23.7 Å². The van der Waals surface area contributed by atoms with Gasteiger partial charge in [-0.3, -0.25) is 9.36 Å². The van der Waals surface area contributed by atoms with Crippen LogP contribution in [0, 0.1) is 0 Å². The average molecular weight is 367 g/mol. The molecule has 1 N–H and O–H groups in total. The standard InChI is InChI=1S/C20H21N3O2S/c1-3-13-25-18-6-4-5-16(14-18)22-19(24)15-7-9-17(10-8-15)23-12-11-21-20(23)26-2/h4-12,14H,3,13H2,1-2H3,(H,22,24). The summed E-state index contributed by atoms with van der Waals surface area (Å²) in [5.41, 5.74) is 2.28. The predicted octanol–water partition coefficient (Wildman–Crippen LogP) is 4.64. The summed E-state index contributed by atoms with van der Waals surface area (Å²) in [4.78, 5) is 16.8. The van der Waals surface area contributed by atoms with Crippen molar-refractivity contribution < 1.29 is 9.53 Å². The molecule has 0 unspecified atom stereocenters. The highest BCUT2D eigenvalue weighted by atomic mass is 32.2. The first-order chi connectivity index (χ1) is 12.7. The van der Waals surface area contributed by atoms with Crippen LogP contribution in [-0.2, 0) is 0 Å². The van der Waals surface area contributed by atoms with Crippen LogP contribution in [0.5, 0.6) is 5.75 Å². The molecule has 0 fully saturated rings. The first-order valence-corrected chi connectivity index (χ1v) is 9.65. The lowest BCUT2D eigenvalue weighted by molar-refractivity contribution is 0.102. The van der Waals surface area contributed by atoms with Gasteiger partial charge in [-0.05, 0) is 49.1 Å². The number of thioether (sulfide) groups is 1. The predicted molar refractivity (Wildman–Crippen MR) is 106 cm³/mol. The Hall–Kier alpha value is -2.73. The van der Waals surface area contributed by atoms with Gasteiger partial charge in [0.2, 0.25) is 0 Å². The van der Waals surface area contributed by atoms with E-state index in [0.717, 1.165) is 23.0 Å². The molecular weight excluding hydrogens is 346 g/mol. The van der Waals surface area contributed by atoms with Crippen molar-refractivity contribution in [1.82, 2.24) is 9.55 Å². The summed E-state index contributed by atoms with van der Waals surface area (Å²) in [6, 6.07) is 14.9. The Bertz CT molecular complexity index is 875. The van der Waals surface area contributed by atoms with Crippen molar-refractivity contribution in [3.05, 3.63) is 66.5 Å². The van der Waals surface area contributed by atoms with Gasteiger partial charge >= 0.3 is 0 Å². The Morgan fingerprint density at radius 2 is 2.04 bits per heavy atom. The normalized spacial score (nSPS) is 10.5. The van der Waals surface area contributed by atoms with E-state index in [1.165, 1.54) is 0 Å². The van der Waals surface area contributed by atoms with E-state index in [0.29, 0.717) is 17.9 Å². The number of hydrogen-bond acceptors (Lipinski definition) is 4. The number of benzene rings is 2. The second-order valence-corrected chi connectivity index (χ2v) is 6.43. The van der Waals surface area contributed by atoms with Crippen LogP contribution in [0.15, 0.2) is 66.1 Å². The molecule has 0 aliphatic rings. The monoisotopic (exact) mass is 367 g/mol. The van der Waals surface area contributed by atoms with Crippen molar-refractivity contribution in [2.75, 3.05) is 18.2 Å². The van der Waals surface area contributed by atoms with Gasteiger partial charge in [-0.1, -0.05) is 24.8 Å². The summed E-state index contributed by atoms with van der Waals surface area (Å²) in [7, 11) is 0. The fraction of sp³-hybridized carbons (Fsp3) is 0.200. The number of carbonyl (C=O) groups excluding carboxylic acids is 1. The van der Waals surface area contributed by atoms with Gasteiger partial charge in [0.25, 0.3) is 5.91 Å². The summed E-state index contributed by atoms with van der Waals surface area (Å²) in [6.45, 7) is 2.71. The van der Waals surface area contributed by atoms with Gasteiger partial charge < -0.3 is 10.1 Å². The maximum atomic E-state index is 12.5. The van der Waals surface area contributed by atoms with Gasteiger partial charge in [-0.2, -0.15) is 0 Å². The van der Waals surface area contributed by atoms with E-state index < -0.39 is 0 Å². The molecule has 26 heavy (non-hydrogen) atoms. The van der Waals surface area contributed by atoms with E-state index in [4.69, 9.17) is 4.74 Å². The number of imidazole rings is 1. The summed E-state index contributed by atoms with van der Waals surface area (Å²) in [5, 5.41) is 3.82. The third-order valence-electron chi connectivity index (χ3n) is 3.76. The van der Waals surface area contributed by atoms with E-state index in [1.54, 1.807) is 18.0 Å². The third-order valence-corrected chi connectivity index (χ3v) is 4.43. The number of nitrogens with zero attached hydrogens (tertiary/aromatic N) is 2. The molecule has 2 aromatic carbocycles. The number of nitrogens with one attached hydrogen (secondary N) is 1. The topological polar surface area (TPSA) is 56.1 Å². The molecule has 134 valence electrons. The van der Waals surface area contributed by atoms with Gasteiger partial charge in [0.1, 0.15) is 5.75 Å². The van der Waals surface area contributed by atoms with Gasteiger partial charge in [-0.15, -0.1) is 0 Å². The number of rotatable bonds is 7. The lowest BCUT2D eigenvalue weighted by Crippen LogP contribution is -2.12. The smallest absolute Gasteiger partial charge is 0.255 e. The number of amides is 1. The summed E-state index contributed by atoms with van der Waals surface area (Å²) < 4.78 is 7.59. The molecule has 0 atom stereocenters. The summed E-state index contributed by atoms with van der Waals surface area (Å²) in [5.74, 6) is 0.601. The quantitative estimate of drug-likeness (QED) is 0.618. The van der Waals surface area contributed by atoms with Crippen LogP contribution < -0.4 is 10.1 Å². The minimum Gasteiger partial charge on any atom is -0.494 e. The molecule has 1 aromatic heterocycles. The van der Waals surface area contributed by atoms with Crippen LogP contribution in [0.3, 0.4) is 0 Å². The molecule has 3 aromatic rings. The van der Waals surface area contributed by atoms with Crippen LogP contribution >= 0.6 is 11.8 Å². The fourth-order valence-electron chi connectivity index (χ4n) is 2.50. The van der Waals surface area contributed by atoms with E-state index in [9.17, 15) is 4.79 Å². The number of aromatic nitrogens is 2. The van der Waals surface area contributed by atoms with Crippen LogP contribution in [0.25, 0.3) is 5.69 Å². The molecule has 5 nitrogen and oxygen atoms in total. The molecule has 0 saturated carbocycles. The second-order valence-electron chi connectivity index (χ2n) is 5.66. The van der Waals surface area contributed by atoms with Crippen molar-refractivity contribution in [3.63, 3.8) is 0 Å². The molecule has 0 spiro atoms. The van der Waals surface area contributed by atoms with Crippen LogP contribution in [-0.4, -0.2) is 28.3 Å². The SMILES string of the molecule is CCCOc1cccc(NC(=O)c2ccc(-n3ccnc3SC)cc2)c1. The number of hydrogen-bond donors (Lipinski definition) is 1. The highest BCUT2D eigenvalue weighted by molar-refractivity contribution is 7.98. The molecule has 0 bridgehead atoms. The molecule has 0 aliphatic carbocycles. The van der Waals surface area contributed by atoms with Crippen molar-refractivity contribution in [2.45, 2.75) is 18.5 Å². The zero-order valence-corrected chi connectivity index (χ0v) is 15.6. The van der Waals surface area contributed by atoms with Gasteiger partial charge in [-0.25, -0.2) is 4.98 Å². The molecule has 0 saturated heterocycles. The highest BCUT2D eigenvalue weighted by Gasteiger charge is 2.09. The van der Waals surface area contributed by atoms with Crippen LogP contribution in [0.4, 0.5) is 5.69 Å². The first kappa shape index (κ1) is 18.1. The Labute approximate surface area is 157 Å². The Morgan fingerprint density at radius 3 is 2.77 bits per heavy atom. The Balaban J connectivity index is 1.70. The molecular formula is C20H21N3O2S. The highest BCUT2D eigenvalue weighted by Crippen LogP contribution is 2.20. The zero-order valence-electron chi connectivity index (χ0n) is 14.8. The van der Waals surface area contributed by atoms with Crippen molar-refractivity contribution >= 4 is 23.4 Å². The molecule has 3 rings (SSSR count). The second kappa shape index (κ2) is 8.58. The van der Waals surface area contributed by atoms with Gasteiger partial charge in [0.15, 0.2) is 5.16 Å². The van der Waals surface area contributed by atoms with E-state index in [-0.39, 0.29) is 5.91 Å².